The molecule has 1 aliphatic rings. The molecule has 0 amide bonds. The van der Waals surface area contributed by atoms with Gasteiger partial charge in [-0.25, -0.2) is 14.4 Å². The van der Waals surface area contributed by atoms with Gasteiger partial charge in [0.15, 0.2) is 0 Å². The second-order valence-electron chi connectivity index (χ2n) is 10.0. The number of aliphatic hydroxyl groups excluding tert-OH is 2. The lowest BCUT2D eigenvalue weighted by molar-refractivity contribution is 0.156. The van der Waals surface area contributed by atoms with Gasteiger partial charge in [-0.05, 0) is 54.3 Å². The zero-order chi connectivity index (χ0) is 29.1. The zero-order valence-electron chi connectivity index (χ0n) is 22.8. The van der Waals surface area contributed by atoms with E-state index in [1.54, 1.807) is 41.9 Å². The van der Waals surface area contributed by atoms with E-state index in [0.717, 1.165) is 44.7 Å². The molecule has 3 aromatic heterocycles. The van der Waals surface area contributed by atoms with Crippen LogP contribution in [0.3, 0.4) is 0 Å². The number of ether oxygens (including phenoxy) is 1. The van der Waals surface area contributed by atoms with Crippen LogP contribution >= 0.6 is 22.9 Å². The summed E-state index contributed by atoms with van der Waals surface area (Å²) in [6, 6.07) is 11.7. The lowest BCUT2D eigenvalue weighted by Crippen LogP contribution is -2.33. The Hall–Kier alpha value is -3.61. The Bertz CT molecular complexity index is 1700. The largest absolute Gasteiger partial charge is 0.487 e. The third kappa shape index (κ3) is 5.97. The van der Waals surface area contributed by atoms with Crippen LogP contribution in [-0.2, 0) is 26.0 Å². The van der Waals surface area contributed by atoms with Gasteiger partial charge in [0.05, 0.1) is 36.4 Å². The van der Waals surface area contributed by atoms with E-state index in [2.05, 4.69) is 20.4 Å². The van der Waals surface area contributed by atoms with E-state index in [-0.39, 0.29) is 25.6 Å². The summed E-state index contributed by atoms with van der Waals surface area (Å²) in [5.41, 5.74) is 4.98. The fourth-order valence-corrected chi connectivity index (χ4v) is 6.77. The molecule has 0 fully saturated rings. The minimum absolute atomic E-state index is 0.0560. The molecule has 0 atom stereocenters. The van der Waals surface area contributed by atoms with Gasteiger partial charge in [-0.1, -0.05) is 23.7 Å². The minimum Gasteiger partial charge on any atom is -0.487 e. The Kier molecular flexibility index (Phi) is 8.63. The van der Waals surface area contributed by atoms with Crippen LogP contribution in [0.2, 0.25) is 5.02 Å². The number of benzene rings is 2. The Labute approximate surface area is 251 Å². The Morgan fingerprint density at radius 3 is 2.71 bits per heavy atom. The molecule has 42 heavy (non-hydrogen) atoms. The molecule has 9 nitrogen and oxygen atoms in total. The highest BCUT2D eigenvalue weighted by Gasteiger charge is 2.27. The number of aryl methyl sites for hydroxylation is 1. The zero-order valence-corrected chi connectivity index (χ0v) is 24.3. The van der Waals surface area contributed by atoms with E-state index >= 15 is 0 Å². The van der Waals surface area contributed by atoms with E-state index in [0.29, 0.717) is 42.8 Å². The summed E-state index contributed by atoms with van der Waals surface area (Å²) in [5, 5.41) is 28.2. The van der Waals surface area contributed by atoms with Crippen LogP contribution in [0.15, 0.2) is 55.0 Å². The highest BCUT2D eigenvalue weighted by Crippen LogP contribution is 2.45. The Balaban J connectivity index is 1.21. The topological polar surface area (TPSA) is 109 Å². The molecule has 0 spiro atoms. The predicted octanol–water partition coefficient (Wildman–Crippen LogP) is 5.06. The van der Waals surface area contributed by atoms with Gasteiger partial charge < -0.3 is 20.3 Å². The number of anilines is 2. The van der Waals surface area contributed by atoms with Crippen molar-refractivity contribution in [3.05, 3.63) is 82.6 Å². The van der Waals surface area contributed by atoms with Gasteiger partial charge in [0.25, 0.3) is 0 Å². The molecule has 218 valence electrons. The van der Waals surface area contributed by atoms with E-state index in [1.165, 1.54) is 23.4 Å². The molecular weight excluding hydrogens is 579 g/mol. The van der Waals surface area contributed by atoms with Crippen LogP contribution in [0, 0.1) is 5.82 Å². The van der Waals surface area contributed by atoms with E-state index < -0.39 is 0 Å². The summed E-state index contributed by atoms with van der Waals surface area (Å²) < 4.78 is 21.3. The maximum Gasteiger partial charge on any atom is 0.142 e. The first-order valence-corrected chi connectivity index (χ1v) is 14.9. The SMILES string of the molecule is OCCN(CCO)CCn1ncc2c1CCc1c-2sc2ncnc(Nc3ccc(OCc4cccc(F)c4)c(Cl)c3)c12. The second-order valence-corrected chi connectivity index (χ2v) is 11.4. The van der Waals surface area contributed by atoms with Crippen molar-refractivity contribution in [2.45, 2.75) is 26.0 Å². The summed E-state index contributed by atoms with van der Waals surface area (Å²) in [5.74, 6) is 0.910. The first-order valence-electron chi connectivity index (χ1n) is 13.7. The van der Waals surface area contributed by atoms with Crippen molar-refractivity contribution in [2.75, 3.05) is 38.2 Å². The van der Waals surface area contributed by atoms with E-state index in [1.807, 2.05) is 21.8 Å². The number of thiophene rings is 1. The molecule has 1 aliphatic carbocycles. The fourth-order valence-electron chi connectivity index (χ4n) is 5.32. The number of nitrogens with zero attached hydrogens (tertiary/aromatic N) is 5. The number of hydrogen-bond acceptors (Lipinski definition) is 9. The average Bonchev–Trinajstić information content (AvgIpc) is 3.58. The fraction of sp³-hybridized carbons (Fsp3) is 0.300. The van der Waals surface area contributed by atoms with Gasteiger partial charge in [0, 0.05) is 41.5 Å². The number of rotatable bonds is 12. The molecule has 12 heteroatoms. The number of nitrogens with one attached hydrogen (secondary N) is 1. The van der Waals surface area contributed by atoms with Crippen LogP contribution < -0.4 is 10.1 Å². The normalized spacial score (nSPS) is 12.5. The van der Waals surface area contributed by atoms with Crippen molar-refractivity contribution >= 4 is 44.7 Å². The van der Waals surface area contributed by atoms with Crippen LogP contribution in [0.5, 0.6) is 5.75 Å². The van der Waals surface area contributed by atoms with Crippen molar-refractivity contribution in [1.29, 1.82) is 0 Å². The second kappa shape index (κ2) is 12.7. The molecule has 6 rings (SSSR count). The van der Waals surface area contributed by atoms with Crippen molar-refractivity contribution in [1.82, 2.24) is 24.6 Å². The molecular formula is C30H30ClFN6O3S. The molecule has 2 aromatic carbocycles. The van der Waals surface area contributed by atoms with Gasteiger partial charge >= 0.3 is 0 Å². The van der Waals surface area contributed by atoms with Crippen molar-refractivity contribution in [2.24, 2.45) is 0 Å². The molecule has 0 saturated heterocycles. The molecule has 5 aromatic rings. The van der Waals surface area contributed by atoms with Gasteiger partial charge in [-0.3, -0.25) is 9.58 Å². The number of halogens is 2. The first kappa shape index (κ1) is 28.5. The molecule has 3 N–H and O–H groups in total. The molecule has 3 heterocycles. The first-order chi connectivity index (χ1) is 20.5. The van der Waals surface area contributed by atoms with Gasteiger partial charge in [0.2, 0.25) is 0 Å². The van der Waals surface area contributed by atoms with Gasteiger partial charge in [-0.2, -0.15) is 5.10 Å². The summed E-state index contributed by atoms with van der Waals surface area (Å²) in [6.07, 6.45) is 5.16. The Morgan fingerprint density at radius 2 is 1.93 bits per heavy atom. The summed E-state index contributed by atoms with van der Waals surface area (Å²) >= 11 is 8.18. The maximum absolute atomic E-state index is 13.5. The van der Waals surface area contributed by atoms with Crippen molar-refractivity contribution in [3.63, 3.8) is 0 Å². The summed E-state index contributed by atoms with van der Waals surface area (Å²) in [4.78, 5) is 13.2. The van der Waals surface area contributed by atoms with E-state index in [4.69, 9.17) is 16.3 Å². The lowest BCUT2D eigenvalue weighted by Gasteiger charge is -2.21. The number of hydrogen-bond donors (Lipinski definition) is 3. The third-order valence-electron chi connectivity index (χ3n) is 7.33. The van der Waals surface area contributed by atoms with Crippen molar-refractivity contribution < 1.29 is 19.3 Å². The van der Waals surface area contributed by atoms with Crippen LogP contribution in [0.25, 0.3) is 20.7 Å². The van der Waals surface area contributed by atoms with Crippen LogP contribution in [-0.4, -0.2) is 67.7 Å². The van der Waals surface area contributed by atoms with Crippen molar-refractivity contribution in [3.8, 4) is 16.2 Å². The lowest BCUT2D eigenvalue weighted by atomic mass is 9.95. The Morgan fingerprint density at radius 1 is 1.07 bits per heavy atom. The number of aliphatic hydroxyl groups is 2. The van der Waals surface area contributed by atoms with Gasteiger partial charge in [-0.15, -0.1) is 11.3 Å². The number of aromatic nitrogens is 4. The molecule has 0 radical (unpaired) electrons. The quantitative estimate of drug-likeness (QED) is 0.180. The van der Waals surface area contributed by atoms with Crippen LogP contribution in [0.1, 0.15) is 16.8 Å². The van der Waals surface area contributed by atoms with Crippen LogP contribution in [0.4, 0.5) is 15.9 Å². The molecule has 0 aliphatic heterocycles. The maximum atomic E-state index is 13.5. The van der Waals surface area contributed by atoms with Gasteiger partial charge in [0.1, 0.15) is 35.1 Å². The average molecular weight is 609 g/mol. The predicted molar refractivity (Wildman–Crippen MR) is 162 cm³/mol. The number of fused-ring (bicyclic) bond motifs is 5. The summed E-state index contributed by atoms with van der Waals surface area (Å²) in [7, 11) is 0. The minimum atomic E-state index is -0.307. The standard InChI is InChI=1S/C30H30ClFN6O3S/c31-24-15-21(4-7-26(24)41-17-19-2-1-3-20(32)14-19)36-29-27-22-5-6-25-23(28(22)42-30(27)34-18-33-29)16-35-38(25)9-8-37(10-12-39)11-13-40/h1-4,7,14-16,18,39-40H,5-6,8-13,17H2,(H,33,34,36). The third-order valence-corrected chi connectivity index (χ3v) is 8.80. The molecule has 0 bridgehead atoms. The summed E-state index contributed by atoms with van der Waals surface area (Å²) in [6.45, 7) is 2.75. The molecule has 0 saturated carbocycles. The smallest absolute Gasteiger partial charge is 0.142 e. The highest BCUT2D eigenvalue weighted by atomic mass is 35.5. The monoisotopic (exact) mass is 608 g/mol. The highest BCUT2D eigenvalue weighted by molar-refractivity contribution is 7.22. The van der Waals surface area contributed by atoms with E-state index in [9.17, 15) is 14.6 Å². The molecule has 0 unspecified atom stereocenters.